The maximum atomic E-state index is 12.7. The largest absolute Gasteiger partial charge is 0.494 e. The van der Waals surface area contributed by atoms with Crippen molar-refractivity contribution < 1.29 is 38.3 Å². The Bertz CT molecular complexity index is 1210. The number of nitro benzene ring substituents is 1. The molecule has 0 unspecified atom stereocenters. The molecule has 0 aromatic heterocycles. The van der Waals surface area contributed by atoms with Crippen molar-refractivity contribution in [3.8, 4) is 5.75 Å². The molecule has 0 aliphatic heterocycles. The van der Waals surface area contributed by atoms with Gasteiger partial charge in [-0.1, -0.05) is 50.7 Å². The van der Waals surface area contributed by atoms with Crippen LogP contribution in [0.1, 0.15) is 126 Å². The lowest BCUT2D eigenvalue weighted by Gasteiger charge is -2.21. The summed E-state index contributed by atoms with van der Waals surface area (Å²) in [5.41, 5.74) is -0.565. The number of esters is 3. The first-order valence-electron chi connectivity index (χ1n) is 15.3. The van der Waals surface area contributed by atoms with Crippen LogP contribution >= 0.6 is 0 Å². The van der Waals surface area contributed by atoms with Gasteiger partial charge in [0.25, 0.3) is 5.69 Å². The summed E-state index contributed by atoms with van der Waals surface area (Å²) in [4.78, 5) is 48.0. The van der Waals surface area contributed by atoms with E-state index in [0.29, 0.717) is 24.3 Å². The highest BCUT2D eigenvalue weighted by Gasteiger charge is 2.23. The van der Waals surface area contributed by atoms with Crippen molar-refractivity contribution >= 4 is 23.6 Å². The van der Waals surface area contributed by atoms with Gasteiger partial charge in [-0.05, 0) is 78.6 Å². The average Bonchev–Trinajstić information content (AvgIpc) is 2.93. The van der Waals surface area contributed by atoms with Crippen molar-refractivity contribution in [2.24, 2.45) is 0 Å². The molecule has 0 heterocycles. The third-order valence-corrected chi connectivity index (χ3v) is 6.30. The number of carbonyl (C=O) groups is 3. The number of ether oxygens (including phenoxy) is 4. The Balaban J connectivity index is 1.67. The van der Waals surface area contributed by atoms with Crippen molar-refractivity contribution in [1.29, 1.82) is 0 Å². The molecule has 2 aromatic carbocycles. The summed E-state index contributed by atoms with van der Waals surface area (Å²) in [7, 11) is 0. The fourth-order valence-corrected chi connectivity index (χ4v) is 4.26. The normalized spacial score (nSPS) is 11.5. The first-order chi connectivity index (χ1) is 20.6. The van der Waals surface area contributed by atoms with Crippen LogP contribution in [0.4, 0.5) is 5.69 Å². The summed E-state index contributed by atoms with van der Waals surface area (Å²) >= 11 is 0. The van der Waals surface area contributed by atoms with Gasteiger partial charge in [0.05, 0.1) is 28.2 Å². The maximum absolute atomic E-state index is 12.7. The van der Waals surface area contributed by atoms with Crippen LogP contribution in [0.5, 0.6) is 5.75 Å². The molecule has 10 heteroatoms. The number of hydrogen-bond acceptors (Lipinski definition) is 9. The van der Waals surface area contributed by atoms with Crippen LogP contribution in [0.15, 0.2) is 42.5 Å². The monoisotopic (exact) mass is 613 g/mol. The Labute approximate surface area is 260 Å². The van der Waals surface area contributed by atoms with E-state index in [1.54, 1.807) is 71.9 Å². The Morgan fingerprint density at radius 1 is 0.727 bits per heavy atom. The van der Waals surface area contributed by atoms with Gasteiger partial charge in [-0.3, -0.25) is 14.9 Å². The van der Waals surface area contributed by atoms with E-state index in [4.69, 9.17) is 18.9 Å². The Morgan fingerprint density at radius 2 is 1.23 bits per heavy atom. The highest BCUT2D eigenvalue weighted by molar-refractivity contribution is 5.96. The van der Waals surface area contributed by atoms with Gasteiger partial charge in [-0.25, -0.2) is 9.59 Å². The van der Waals surface area contributed by atoms with E-state index < -0.39 is 28.1 Å². The summed E-state index contributed by atoms with van der Waals surface area (Å²) in [5.74, 6) is -1.01. The molecule has 2 aromatic rings. The zero-order valence-electron chi connectivity index (χ0n) is 26.9. The molecule has 0 radical (unpaired) electrons. The van der Waals surface area contributed by atoms with Crippen LogP contribution in [-0.2, 0) is 25.6 Å². The molecule has 0 bridgehead atoms. The number of unbranched alkanes of at least 4 members (excludes halogenated alkanes) is 7. The number of nitro groups is 1. The number of nitrogens with zero attached hydrogens (tertiary/aromatic N) is 1. The van der Waals surface area contributed by atoms with Crippen molar-refractivity contribution in [2.45, 2.75) is 117 Å². The lowest BCUT2D eigenvalue weighted by Crippen LogP contribution is -2.25. The molecule has 242 valence electrons. The van der Waals surface area contributed by atoms with E-state index in [1.165, 1.54) is 12.1 Å². The van der Waals surface area contributed by atoms with Gasteiger partial charge in [-0.15, -0.1) is 0 Å². The third kappa shape index (κ3) is 14.5. The summed E-state index contributed by atoms with van der Waals surface area (Å²) in [6.45, 7) is 11.0. The number of para-hydroxylation sites is 1. The van der Waals surface area contributed by atoms with Crippen molar-refractivity contribution in [2.75, 3.05) is 6.61 Å². The third-order valence-electron chi connectivity index (χ3n) is 6.30. The van der Waals surface area contributed by atoms with E-state index in [9.17, 15) is 24.5 Å². The number of hydrogen-bond donors (Lipinski definition) is 0. The van der Waals surface area contributed by atoms with Gasteiger partial charge in [-0.2, -0.15) is 0 Å². The van der Waals surface area contributed by atoms with E-state index in [2.05, 4.69) is 0 Å². The second kappa shape index (κ2) is 17.4. The fourth-order valence-electron chi connectivity index (χ4n) is 4.26. The number of benzene rings is 2. The SMILES string of the molecule is CC(C)(C)OC(=O)c1cc(OCCCCCCCCCCC(=O)OCc2ccccc2[N+](=O)[O-])cc(C(=O)OC(C)(C)C)c1. The summed E-state index contributed by atoms with van der Waals surface area (Å²) in [5, 5.41) is 11.1. The van der Waals surface area contributed by atoms with Crippen molar-refractivity contribution in [3.63, 3.8) is 0 Å². The van der Waals surface area contributed by atoms with E-state index in [1.807, 2.05) is 0 Å². The minimum atomic E-state index is -0.679. The van der Waals surface area contributed by atoms with Crippen molar-refractivity contribution in [1.82, 2.24) is 0 Å². The van der Waals surface area contributed by atoms with Crippen LogP contribution < -0.4 is 4.74 Å². The lowest BCUT2D eigenvalue weighted by molar-refractivity contribution is -0.385. The predicted octanol–water partition coefficient (Wildman–Crippen LogP) is 8.14. The highest BCUT2D eigenvalue weighted by atomic mass is 16.6. The minimum Gasteiger partial charge on any atom is -0.494 e. The zero-order valence-corrected chi connectivity index (χ0v) is 26.9. The van der Waals surface area contributed by atoms with Crippen LogP contribution in [0.2, 0.25) is 0 Å². The molecule has 0 saturated carbocycles. The quantitative estimate of drug-likeness (QED) is 0.0570. The molecule has 0 aliphatic rings. The second-order valence-electron chi connectivity index (χ2n) is 12.7. The van der Waals surface area contributed by atoms with Crippen LogP contribution in [0.3, 0.4) is 0 Å². The highest BCUT2D eigenvalue weighted by Crippen LogP contribution is 2.23. The molecule has 44 heavy (non-hydrogen) atoms. The van der Waals surface area contributed by atoms with E-state index in [0.717, 1.165) is 51.4 Å². The van der Waals surface area contributed by atoms with Gasteiger partial charge >= 0.3 is 17.9 Å². The zero-order chi connectivity index (χ0) is 32.8. The first-order valence-corrected chi connectivity index (χ1v) is 15.3. The summed E-state index contributed by atoms with van der Waals surface area (Å²) < 4.78 is 22.1. The molecule has 10 nitrogen and oxygen atoms in total. The summed E-state index contributed by atoms with van der Waals surface area (Å²) in [6, 6.07) is 10.9. The second-order valence-corrected chi connectivity index (χ2v) is 12.7. The Kier molecular flexibility index (Phi) is 14.3. The molecule has 2 rings (SSSR count). The van der Waals surface area contributed by atoms with Crippen LogP contribution in [0, 0.1) is 10.1 Å². The van der Waals surface area contributed by atoms with Crippen molar-refractivity contribution in [3.05, 3.63) is 69.3 Å². The Hall–Kier alpha value is -3.95. The van der Waals surface area contributed by atoms with Crippen LogP contribution in [-0.4, -0.2) is 40.6 Å². The molecule has 0 N–H and O–H groups in total. The number of rotatable bonds is 17. The molecular weight excluding hydrogens is 566 g/mol. The molecule has 0 saturated heterocycles. The fraction of sp³-hybridized carbons (Fsp3) is 0.559. The predicted molar refractivity (Wildman–Crippen MR) is 167 cm³/mol. The molecule has 0 atom stereocenters. The van der Waals surface area contributed by atoms with E-state index in [-0.39, 0.29) is 29.4 Å². The molecule has 0 aliphatic carbocycles. The van der Waals surface area contributed by atoms with Crippen LogP contribution in [0.25, 0.3) is 0 Å². The standard InChI is InChI=1S/C34H47NO9/c1-33(2,3)43-31(37)26-21-27(32(38)44-34(4,5)6)23-28(22-26)41-20-16-12-10-8-7-9-11-13-19-30(36)42-24-25-17-14-15-18-29(25)35(39)40/h14-15,17-18,21-23H,7-13,16,19-20,24H2,1-6H3. The molecule has 0 amide bonds. The topological polar surface area (TPSA) is 131 Å². The Morgan fingerprint density at radius 3 is 1.75 bits per heavy atom. The summed E-state index contributed by atoms with van der Waals surface area (Å²) in [6.07, 6.45) is 7.91. The first kappa shape index (κ1) is 36.2. The minimum absolute atomic E-state index is 0.0494. The molecular formula is C34H47NO9. The lowest BCUT2D eigenvalue weighted by atomic mass is 10.1. The smallest absolute Gasteiger partial charge is 0.338 e. The van der Waals surface area contributed by atoms with Gasteiger partial charge in [0.1, 0.15) is 23.6 Å². The van der Waals surface area contributed by atoms with Gasteiger partial charge in [0.2, 0.25) is 0 Å². The van der Waals surface area contributed by atoms with Gasteiger partial charge in [0.15, 0.2) is 0 Å². The molecule has 0 fully saturated rings. The van der Waals surface area contributed by atoms with Gasteiger partial charge < -0.3 is 18.9 Å². The maximum Gasteiger partial charge on any atom is 0.338 e. The van der Waals surface area contributed by atoms with E-state index >= 15 is 0 Å². The molecule has 0 spiro atoms. The van der Waals surface area contributed by atoms with Gasteiger partial charge in [0, 0.05) is 12.5 Å². The average molecular weight is 614 g/mol. The number of carbonyl (C=O) groups excluding carboxylic acids is 3.